The summed E-state index contributed by atoms with van der Waals surface area (Å²) in [6.07, 6.45) is 5.24. The SMILES string of the molecule is CC(C)(C)OC(=O)Nc1[nH]ncc1CNCC1CCC1. The van der Waals surface area contributed by atoms with E-state index in [-0.39, 0.29) is 0 Å². The maximum absolute atomic E-state index is 11.7. The minimum Gasteiger partial charge on any atom is -0.444 e. The summed E-state index contributed by atoms with van der Waals surface area (Å²) in [4.78, 5) is 11.7. The van der Waals surface area contributed by atoms with Crippen LogP contribution in [0.15, 0.2) is 6.20 Å². The molecule has 1 aliphatic carbocycles. The molecule has 1 heterocycles. The molecule has 1 aliphatic rings. The summed E-state index contributed by atoms with van der Waals surface area (Å²) in [6, 6.07) is 0. The van der Waals surface area contributed by atoms with E-state index in [4.69, 9.17) is 4.74 Å². The van der Waals surface area contributed by atoms with Crippen molar-refractivity contribution in [3.8, 4) is 0 Å². The van der Waals surface area contributed by atoms with Crippen LogP contribution in [-0.4, -0.2) is 28.4 Å². The second-order valence-corrected chi connectivity index (χ2v) is 6.32. The molecule has 0 saturated heterocycles. The Kier molecular flexibility index (Phi) is 4.65. The van der Waals surface area contributed by atoms with Gasteiger partial charge < -0.3 is 10.1 Å². The van der Waals surface area contributed by atoms with Crippen LogP contribution in [-0.2, 0) is 11.3 Å². The van der Waals surface area contributed by atoms with Gasteiger partial charge in [-0.25, -0.2) is 4.79 Å². The van der Waals surface area contributed by atoms with Gasteiger partial charge in [-0.1, -0.05) is 6.42 Å². The van der Waals surface area contributed by atoms with Crippen molar-refractivity contribution in [3.05, 3.63) is 11.8 Å². The lowest BCUT2D eigenvalue weighted by Crippen LogP contribution is -2.29. The van der Waals surface area contributed by atoms with Crippen molar-refractivity contribution in [1.82, 2.24) is 15.5 Å². The molecule has 2 rings (SSSR count). The van der Waals surface area contributed by atoms with Crippen molar-refractivity contribution < 1.29 is 9.53 Å². The predicted octanol–water partition coefficient (Wildman–Crippen LogP) is 2.65. The van der Waals surface area contributed by atoms with Gasteiger partial charge in [-0.2, -0.15) is 5.10 Å². The van der Waals surface area contributed by atoms with Crippen LogP contribution >= 0.6 is 0 Å². The van der Waals surface area contributed by atoms with Gasteiger partial charge in [0.2, 0.25) is 0 Å². The average Bonchev–Trinajstić information content (AvgIpc) is 2.66. The highest BCUT2D eigenvalue weighted by Gasteiger charge is 2.19. The molecule has 6 nitrogen and oxygen atoms in total. The molecule has 3 N–H and O–H groups in total. The number of amides is 1. The van der Waals surface area contributed by atoms with Gasteiger partial charge in [0.1, 0.15) is 11.4 Å². The Morgan fingerprint density at radius 3 is 2.85 bits per heavy atom. The number of aromatic nitrogens is 2. The van der Waals surface area contributed by atoms with E-state index in [1.165, 1.54) is 19.3 Å². The summed E-state index contributed by atoms with van der Waals surface area (Å²) in [5.74, 6) is 1.41. The molecular formula is C14H24N4O2. The maximum atomic E-state index is 11.7. The van der Waals surface area contributed by atoms with E-state index in [0.717, 1.165) is 18.0 Å². The molecule has 0 radical (unpaired) electrons. The number of rotatable bonds is 5. The zero-order chi connectivity index (χ0) is 14.6. The van der Waals surface area contributed by atoms with Gasteiger partial charge in [-0.15, -0.1) is 0 Å². The van der Waals surface area contributed by atoms with Crippen molar-refractivity contribution in [2.24, 2.45) is 5.92 Å². The van der Waals surface area contributed by atoms with Crippen molar-refractivity contribution in [3.63, 3.8) is 0 Å². The molecule has 0 atom stereocenters. The van der Waals surface area contributed by atoms with Gasteiger partial charge in [0.25, 0.3) is 0 Å². The molecule has 6 heteroatoms. The summed E-state index contributed by atoms with van der Waals surface area (Å²) in [6.45, 7) is 7.22. The fourth-order valence-corrected chi connectivity index (χ4v) is 2.07. The number of ether oxygens (including phenoxy) is 1. The summed E-state index contributed by atoms with van der Waals surface area (Å²) < 4.78 is 5.22. The number of nitrogens with zero attached hydrogens (tertiary/aromatic N) is 1. The fourth-order valence-electron chi connectivity index (χ4n) is 2.07. The normalized spacial score (nSPS) is 15.8. The number of carbonyl (C=O) groups excluding carboxylic acids is 1. The van der Waals surface area contributed by atoms with Crippen LogP contribution < -0.4 is 10.6 Å². The lowest BCUT2D eigenvalue weighted by molar-refractivity contribution is 0.0635. The van der Waals surface area contributed by atoms with Crippen molar-refractivity contribution in [2.75, 3.05) is 11.9 Å². The molecule has 1 saturated carbocycles. The molecular weight excluding hydrogens is 256 g/mol. The van der Waals surface area contributed by atoms with Gasteiger partial charge in [0.05, 0.1) is 6.20 Å². The van der Waals surface area contributed by atoms with Gasteiger partial charge in [0, 0.05) is 12.1 Å². The Balaban J connectivity index is 1.79. The van der Waals surface area contributed by atoms with Gasteiger partial charge in [-0.3, -0.25) is 10.4 Å². The standard InChI is InChI=1S/C14H24N4O2/c1-14(2,3)20-13(19)17-12-11(9-16-18-12)8-15-7-10-5-4-6-10/h9-10,15H,4-8H2,1-3H3,(H2,16,17,18,19). The molecule has 1 fully saturated rings. The smallest absolute Gasteiger partial charge is 0.413 e. The molecule has 0 aromatic carbocycles. The molecule has 1 aromatic heterocycles. The van der Waals surface area contributed by atoms with E-state index in [2.05, 4.69) is 20.8 Å². The van der Waals surface area contributed by atoms with Gasteiger partial charge in [0.15, 0.2) is 0 Å². The molecule has 0 bridgehead atoms. The van der Waals surface area contributed by atoms with Crippen LogP contribution in [0.25, 0.3) is 0 Å². The third kappa shape index (κ3) is 4.52. The number of anilines is 1. The number of carbonyl (C=O) groups is 1. The summed E-state index contributed by atoms with van der Waals surface area (Å²) in [5.41, 5.74) is 0.433. The van der Waals surface area contributed by atoms with Crippen LogP contribution in [0, 0.1) is 5.92 Å². The molecule has 1 amide bonds. The number of hydrogen-bond acceptors (Lipinski definition) is 4. The summed E-state index contributed by atoms with van der Waals surface area (Å²) in [7, 11) is 0. The highest BCUT2D eigenvalue weighted by molar-refractivity contribution is 5.84. The second kappa shape index (κ2) is 6.26. The Bertz CT molecular complexity index is 446. The van der Waals surface area contributed by atoms with E-state index in [0.29, 0.717) is 12.4 Å². The zero-order valence-corrected chi connectivity index (χ0v) is 12.5. The third-order valence-corrected chi connectivity index (χ3v) is 3.32. The van der Waals surface area contributed by atoms with E-state index < -0.39 is 11.7 Å². The Morgan fingerprint density at radius 2 is 2.25 bits per heavy atom. The van der Waals surface area contributed by atoms with Crippen molar-refractivity contribution in [1.29, 1.82) is 0 Å². The Morgan fingerprint density at radius 1 is 1.50 bits per heavy atom. The molecule has 20 heavy (non-hydrogen) atoms. The van der Waals surface area contributed by atoms with Gasteiger partial charge in [-0.05, 0) is 46.1 Å². The summed E-state index contributed by atoms with van der Waals surface area (Å²) >= 11 is 0. The molecule has 0 spiro atoms. The largest absolute Gasteiger partial charge is 0.444 e. The highest BCUT2D eigenvalue weighted by Crippen LogP contribution is 2.25. The first kappa shape index (κ1) is 14.8. The van der Waals surface area contributed by atoms with Crippen LogP contribution in [0.3, 0.4) is 0 Å². The number of aromatic amines is 1. The van der Waals surface area contributed by atoms with Crippen molar-refractivity contribution in [2.45, 2.75) is 52.2 Å². The topological polar surface area (TPSA) is 79.0 Å². The van der Waals surface area contributed by atoms with E-state index in [1.807, 2.05) is 20.8 Å². The first-order valence-electron chi connectivity index (χ1n) is 7.17. The lowest BCUT2D eigenvalue weighted by Gasteiger charge is -2.25. The quantitative estimate of drug-likeness (QED) is 0.774. The first-order chi connectivity index (χ1) is 9.44. The first-order valence-corrected chi connectivity index (χ1v) is 7.17. The lowest BCUT2D eigenvalue weighted by atomic mass is 9.85. The van der Waals surface area contributed by atoms with E-state index in [9.17, 15) is 4.79 Å². The Labute approximate surface area is 119 Å². The predicted molar refractivity (Wildman–Crippen MR) is 77.5 cm³/mol. The average molecular weight is 280 g/mol. The van der Waals surface area contributed by atoms with E-state index in [1.54, 1.807) is 6.20 Å². The highest BCUT2D eigenvalue weighted by atomic mass is 16.6. The third-order valence-electron chi connectivity index (χ3n) is 3.32. The van der Waals surface area contributed by atoms with Crippen LogP contribution in [0.1, 0.15) is 45.6 Å². The maximum Gasteiger partial charge on any atom is 0.413 e. The van der Waals surface area contributed by atoms with Crippen molar-refractivity contribution >= 4 is 11.9 Å². The Hall–Kier alpha value is -1.56. The monoisotopic (exact) mass is 280 g/mol. The molecule has 112 valence electrons. The van der Waals surface area contributed by atoms with Gasteiger partial charge >= 0.3 is 6.09 Å². The second-order valence-electron chi connectivity index (χ2n) is 6.32. The van der Waals surface area contributed by atoms with Crippen LogP contribution in [0.5, 0.6) is 0 Å². The minimum atomic E-state index is -0.507. The van der Waals surface area contributed by atoms with Crippen LogP contribution in [0.4, 0.5) is 10.6 Å². The number of H-pyrrole nitrogens is 1. The summed E-state index contributed by atoms with van der Waals surface area (Å²) in [5, 5.41) is 12.8. The number of nitrogens with one attached hydrogen (secondary N) is 3. The fraction of sp³-hybridized carbons (Fsp3) is 0.714. The molecule has 0 aliphatic heterocycles. The van der Waals surface area contributed by atoms with Crippen LogP contribution in [0.2, 0.25) is 0 Å². The molecule has 1 aromatic rings. The van der Waals surface area contributed by atoms with E-state index >= 15 is 0 Å². The molecule has 0 unspecified atom stereocenters. The minimum absolute atomic E-state index is 0.470. The zero-order valence-electron chi connectivity index (χ0n) is 12.5. The number of hydrogen-bond donors (Lipinski definition) is 3.